The molecule has 0 saturated heterocycles. The quantitative estimate of drug-likeness (QED) is 0.484. The SMILES string of the molecule is CC(C)(C)c1ccc(C2CC2C(=O)NN=Cc2c(O)ccc3ccccc23)cc1. The van der Waals surface area contributed by atoms with E-state index in [0.717, 1.165) is 17.2 Å². The van der Waals surface area contributed by atoms with Gasteiger partial charge in [0.15, 0.2) is 0 Å². The van der Waals surface area contributed by atoms with Crippen LogP contribution >= 0.6 is 0 Å². The smallest absolute Gasteiger partial charge is 0.243 e. The van der Waals surface area contributed by atoms with Crippen molar-refractivity contribution in [2.45, 2.75) is 38.5 Å². The van der Waals surface area contributed by atoms with Crippen molar-refractivity contribution in [3.8, 4) is 5.75 Å². The first-order chi connectivity index (χ1) is 13.8. The highest BCUT2D eigenvalue weighted by Gasteiger charge is 2.44. The third-order valence-corrected chi connectivity index (χ3v) is 5.65. The van der Waals surface area contributed by atoms with Crippen molar-refractivity contribution in [3.63, 3.8) is 0 Å². The van der Waals surface area contributed by atoms with E-state index in [-0.39, 0.29) is 28.9 Å². The molecule has 4 nitrogen and oxygen atoms in total. The van der Waals surface area contributed by atoms with Gasteiger partial charge in [0, 0.05) is 11.5 Å². The number of nitrogens with one attached hydrogen (secondary N) is 1. The number of fused-ring (bicyclic) bond motifs is 1. The van der Waals surface area contributed by atoms with E-state index in [2.05, 4.69) is 55.6 Å². The van der Waals surface area contributed by atoms with Crippen LogP contribution in [0.5, 0.6) is 5.75 Å². The van der Waals surface area contributed by atoms with Crippen LogP contribution in [-0.2, 0) is 10.2 Å². The number of benzene rings is 3. The summed E-state index contributed by atoms with van der Waals surface area (Å²) in [6, 6.07) is 19.9. The number of carbonyl (C=O) groups is 1. The number of hydrogen-bond donors (Lipinski definition) is 2. The average molecular weight is 386 g/mol. The predicted molar refractivity (Wildman–Crippen MR) is 117 cm³/mol. The molecular formula is C25H26N2O2. The molecule has 148 valence electrons. The number of carbonyl (C=O) groups excluding carboxylic acids is 1. The first-order valence-electron chi connectivity index (χ1n) is 9.98. The van der Waals surface area contributed by atoms with Crippen molar-refractivity contribution >= 4 is 22.9 Å². The normalized spacial score (nSPS) is 18.9. The Hall–Kier alpha value is -3.14. The number of hydrazone groups is 1. The second kappa shape index (κ2) is 7.36. The molecule has 1 fully saturated rings. The van der Waals surface area contributed by atoms with Crippen LogP contribution < -0.4 is 5.43 Å². The minimum Gasteiger partial charge on any atom is -0.507 e. The Bertz CT molecular complexity index is 1080. The molecule has 0 aromatic heterocycles. The van der Waals surface area contributed by atoms with Crippen LogP contribution in [0.2, 0.25) is 0 Å². The summed E-state index contributed by atoms with van der Waals surface area (Å²) in [5.74, 6) is 0.273. The molecule has 29 heavy (non-hydrogen) atoms. The summed E-state index contributed by atoms with van der Waals surface area (Å²) >= 11 is 0. The minimum atomic E-state index is -0.0779. The molecule has 2 N–H and O–H groups in total. The number of phenolic OH excluding ortho intramolecular Hbond substituents is 1. The van der Waals surface area contributed by atoms with Crippen LogP contribution in [0.15, 0.2) is 65.8 Å². The maximum absolute atomic E-state index is 12.5. The first kappa shape index (κ1) is 19.2. The molecular weight excluding hydrogens is 360 g/mol. The second-order valence-corrected chi connectivity index (χ2v) is 8.77. The summed E-state index contributed by atoms with van der Waals surface area (Å²) in [4.78, 5) is 12.5. The van der Waals surface area contributed by atoms with Gasteiger partial charge < -0.3 is 5.11 Å². The molecule has 4 heteroatoms. The molecule has 0 radical (unpaired) electrons. The van der Waals surface area contributed by atoms with Crippen LogP contribution in [-0.4, -0.2) is 17.2 Å². The second-order valence-electron chi connectivity index (χ2n) is 8.77. The lowest BCUT2D eigenvalue weighted by atomic mass is 9.86. The fourth-order valence-electron chi connectivity index (χ4n) is 3.75. The Kier molecular flexibility index (Phi) is 4.87. The van der Waals surface area contributed by atoms with Gasteiger partial charge >= 0.3 is 0 Å². The summed E-state index contributed by atoms with van der Waals surface area (Å²) in [6.07, 6.45) is 2.36. The summed E-state index contributed by atoms with van der Waals surface area (Å²) in [6.45, 7) is 6.59. The third kappa shape index (κ3) is 4.02. The van der Waals surface area contributed by atoms with Crippen molar-refractivity contribution < 1.29 is 9.90 Å². The lowest BCUT2D eigenvalue weighted by Crippen LogP contribution is -2.20. The molecule has 2 atom stereocenters. The Balaban J connectivity index is 1.41. The third-order valence-electron chi connectivity index (χ3n) is 5.65. The number of amides is 1. The molecule has 1 amide bonds. The van der Waals surface area contributed by atoms with E-state index in [4.69, 9.17) is 0 Å². The number of hydrogen-bond acceptors (Lipinski definition) is 3. The zero-order chi connectivity index (χ0) is 20.6. The van der Waals surface area contributed by atoms with Crippen LogP contribution in [0, 0.1) is 5.92 Å². The lowest BCUT2D eigenvalue weighted by Gasteiger charge is -2.19. The molecule has 0 bridgehead atoms. The molecule has 0 heterocycles. The van der Waals surface area contributed by atoms with Crippen LogP contribution in [0.3, 0.4) is 0 Å². The van der Waals surface area contributed by atoms with Gasteiger partial charge in [-0.15, -0.1) is 0 Å². The molecule has 0 aliphatic heterocycles. The molecule has 3 aromatic carbocycles. The molecule has 2 unspecified atom stereocenters. The zero-order valence-corrected chi connectivity index (χ0v) is 17.0. The van der Waals surface area contributed by atoms with E-state index in [1.165, 1.54) is 17.3 Å². The standard InChI is InChI=1S/C25H26N2O2/c1-25(2,3)18-11-8-17(9-12-18)20-14-21(20)24(29)27-26-15-22-19-7-5-4-6-16(19)10-13-23(22)28/h4-13,15,20-21,28H,14H2,1-3H3,(H,27,29). The minimum absolute atomic E-state index is 0.0475. The number of aromatic hydroxyl groups is 1. The highest BCUT2D eigenvalue weighted by Crippen LogP contribution is 2.47. The summed E-state index contributed by atoms with van der Waals surface area (Å²) in [5, 5.41) is 16.2. The number of rotatable bonds is 4. The largest absolute Gasteiger partial charge is 0.507 e. The Labute approximate surface area is 171 Å². The fourth-order valence-corrected chi connectivity index (χ4v) is 3.75. The Morgan fingerprint density at radius 3 is 2.52 bits per heavy atom. The van der Waals surface area contributed by atoms with E-state index < -0.39 is 0 Å². The van der Waals surface area contributed by atoms with Crippen molar-refractivity contribution in [2.24, 2.45) is 11.0 Å². The molecule has 3 aromatic rings. The van der Waals surface area contributed by atoms with Crippen molar-refractivity contribution in [1.29, 1.82) is 0 Å². The van der Waals surface area contributed by atoms with Crippen molar-refractivity contribution in [3.05, 3.63) is 77.4 Å². The molecule has 1 aliphatic rings. The van der Waals surface area contributed by atoms with E-state index in [0.29, 0.717) is 5.56 Å². The topological polar surface area (TPSA) is 61.7 Å². The Morgan fingerprint density at radius 2 is 1.79 bits per heavy atom. The predicted octanol–water partition coefficient (Wildman–Crippen LogP) is 5.10. The monoisotopic (exact) mass is 386 g/mol. The summed E-state index contributed by atoms with van der Waals surface area (Å²) in [5.41, 5.74) is 5.87. The number of phenols is 1. The Morgan fingerprint density at radius 1 is 1.07 bits per heavy atom. The molecule has 4 rings (SSSR count). The highest BCUT2D eigenvalue weighted by molar-refractivity contribution is 6.02. The van der Waals surface area contributed by atoms with E-state index in [1.54, 1.807) is 6.07 Å². The van der Waals surface area contributed by atoms with E-state index in [1.807, 2.05) is 30.3 Å². The van der Waals surface area contributed by atoms with Gasteiger partial charge in [-0.3, -0.25) is 4.79 Å². The van der Waals surface area contributed by atoms with Crippen molar-refractivity contribution in [1.82, 2.24) is 5.43 Å². The molecule has 1 aliphatic carbocycles. The van der Waals surface area contributed by atoms with Crippen LogP contribution in [0.1, 0.15) is 49.8 Å². The van der Waals surface area contributed by atoms with Gasteiger partial charge in [0.1, 0.15) is 5.75 Å². The van der Waals surface area contributed by atoms with Crippen LogP contribution in [0.4, 0.5) is 0 Å². The summed E-state index contributed by atoms with van der Waals surface area (Å²) in [7, 11) is 0. The molecule has 0 spiro atoms. The number of nitrogens with zero attached hydrogens (tertiary/aromatic N) is 1. The van der Waals surface area contributed by atoms with Gasteiger partial charge in [0.2, 0.25) is 5.91 Å². The lowest BCUT2D eigenvalue weighted by molar-refractivity contribution is -0.122. The summed E-state index contributed by atoms with van der Waals surface area (Å²) < 4.78 is 0. The van der Waals surface area contributed by atoms with Gasteiger partial charge in [-0.25, -0.2) is 5.43 Å². The van der Waals surface area contributed by atoms with E-state index in [9.17, 15) is 9.90 Å². The maximum Gasteiger partial charge on any atom is 0.243 e. The van der Waals surface area contributed by atoms with Crippen LogP contribution in [0.25, 0.3) is 10.8 Å². The fraction of sp³-hybridized carbons (Fsp3) is 0.280. The van der Waals surface area contributed by atoms with Crippen molar-refractivity contribution in [2.75, 3.05) is 0 Å². The van der Waals surface area contributed by atoms with Gasteiger partial charge in [-0.2, -0.15) is 5.10 Å². The van der Waals surface area contributed by atoms with Gasteiger partial charge in [-0.1, -0.05) is 75.4 Å². The highest BCUT2D eigenvalue weighted by atomic mass is 16.3. The van der Waals surface area contributed by atoms with Gasteiger partial charge in [-0.05, 0) is 45.7 Å². The van der Waals surface area contributed by atoms with Gasteiger partial charge in [0.05, 0.1) is 6.21 Å². The van der Waals surface area contributed by atoms with Gasteiger partial charge in [0.25, 0.3) is 0 Å². The maximum atomic E-state index is 12.5. The average Bonchev–Trinajstić information content (AvgIpc) is 3.50. The zero-order valence-electron chi connectivity index (χ0n) is 17.0. The van der Waals surface area contributed by atoms with E-state index >= 15 is 0 Å². The molecule has 1 saturated carbocycles. The first-order valence-corrected chi connectivity index (χ1v) is 9.98.